The molecular weight excluding hydrogens is 240 g/mol. The van der Waals surface area contributed by atoms with E-state index in [1.54, 1.807) is 6.20 Å². The van der Waals surface area contributed by atoms with Gasteiger partial charge in [0.2, 0.25) is 5.91 Å². The molecule has 0 bridgehead atoms. The zero-order chi connectivity index (χ0) is 14.3. The summed E-state index contributed by atoms with van der Waals surface area (Å²) in [5.74, 6) is -0.0403. The highest BCUT2D eigenvalue weighted by molar-refractivity contribution is 5.78. The third kappa shape index (κ3) is 4.31. The molecule has 1 amide bonds. The van der Waals surface area contributed by atoms with Crippen LogP contribution in [0.2, 0.25) is 0 Å². The Kier molecular flexibility index (Phi) is 5.96. The Morgan fingerprint density at radius 2 is 2.11 bits per heavy atom. The molecule has 1 aromatic heterocycles. The molecule has 0 atom stereocenters. The maximum atomic E-state index is 11.9. The number of carbonyl (C=O) groups is 1. The van der Waals surface area contributed by atoms with Crippen LogP contribution in [0, 0.1) is 12.3 Å². The summed E-state index contributed by atoms with van der Waals surface area (Å²) in [6, 6.07) is 3.81. The summed E-state index contributed by atoms with van der Waals surface area (Å²) in [5.41, 5.74) is 1.63. The van der Waals surface area contributed by atoms with Gasteiger partial charge in [-0.3, -0.25) is 9.78 Å². The second-order valence-corrected chi connectivity index (χ2v) is 5.09. The molecule has 1 heterocycles. The molecule has 4 nitrogen and oxygen atoms in total. The third-order valence-corrected chi connectivity index (χ3v) is 3.94. The van der Waals surface area contributed by atoms with Gasteiger partial charge in [0.1, 0.15) is 0 Å². The molecule has 0 aliphatic heterocycles. The molecule has 0 saturated carbocycles. The summed E-state index contributed by atoms with van der Waals surface area (Å²) in [4.78, 5) is 16.1. The van der Waals surface area contributed by atoms with E-state index in [1.807, 2.05) is 32.9 Å². The van der Waals surface area contributed by atoms with E-state index < -0.39 is 0 Å². The fourth-order valence-electron chi connectivity index (χ4n) is 1.98. The van der Waals surface area contributed by atoms with Gasteiger partial charge in [-0.1, -0.05) is 19.9 Å². The first kappa shape index (κ1) is 15.6. The Hall–Kier alpha value is -1.42. The van der Waals surface area contributed by atoms with Gasteiger partial charge < -0.3 is 10.4 Å². The zero-order valence-corrected chi connectivity index (χ0v) is 12.1. The maximum Gasteiger partial charge on any atom is 0.226 e. The quantitative estimate of drug-likeness (QED) is 0.790. The molecule has 0 fully saturated rings. The number of hydrogen-bond donors (Lipinski definition) is 2. The number of aliphatic hydroxyl groups excluding tert-OH is 1. The summed E-state index contributed by atoms with van der Waals surface area (Å²) >= 11 is 0. The van der Waals surface area contributed by atoms with Crippen LogP contribution >= 0.6 is 0 Å². The molecule has 0 spiro atoms. The van der Waals surface area contributed by atoms with Crippen LogP contribution in [0.5, 0.6) is 0 Å². The number of amides is 1. The summed E-state index contributed by atoms with van der Waals surface area (Å²) in [6.45, 7) is 6.64. The zero-order valence-electron chi connectivity index (χ0n) is 12.1. The Morgan fingerprint density at radius 1 is 1.42 bits per heavy atom. The minimum atomic E-state index is -0.200. The Morgan fingerprint density at radius 3 is 2.63 bits per heavy atom. The van der Waals surface area contributed by atoms with E-state index in [0.717, 1.165) is 24.1 Å². The van der Waals surface area contributed by atoms with E-state index >= 15 is 0 Å². The smallest absolute Gasteiger partial charge is 0.226 e. The first-order chi connectivity index (χ1) is 9.06. The van der Waals surface area contributed by atoms with E-state index in [2.05, 4.69) is 10.3 Å². The van der Waals surface area contributed by atoms with Crippen molar-refractivity contribution in [2.75, 3.05) is 13.2 Å². The molecule has 0 aromatic carbocycles. The van der Waals surface area contributed by atoms with Crippen LogP contribution in [0.3, 0.4) is 0 Å². The number of rotatable bonds is 7. The van der Waals surface area contributed by atoms with Crippen LogP contribution in [0.25, 0.3) is 0 Å². The van der Waals surface area contributed by atoms with E-state index in [0.29, 0.717) is 13.0 Å². The number of nitrogens with one attached hydrogen (secondary N) is 1. The van der Waals surface area contributed by atoms with Crippen molar-refractivity contribution >= 4 is 5.91 Å². The van der Waals surface area contributed by atoms with Gasteiger partial charge in [-0.05, 0) is 31.4 Å². The topological polar surface area (TPSA) is 62.2 Å². The van der Waals surface area contributed by atoms with Gasteiger partial charge in [0.15, 0.2) is 0 Å². The second kappa shape index (κ2) is 7.24. The van der Waals surface area contributed by atoms with E-state index in [-0.39, 0.29) is 17.9 Å². The second-order valence-electron chi connectivity index (χ2n) is 5.09. The highest BCUT2D eigenvalue weighted by atomic mass is 16.3. The lowest BCUT2D eigenvalue weighted by Gasteiger charge is -2.29. The molecule has 0 aliphatic rings. The number of pyridine rings is 1. The van der Waals surface area contributed by atoms with Crippen molar-refractivity contribution in [3.8, 4) is 0 Å². The van der Waals surface area contributed by atoms with Crippen molar-refractivity contribution in [2.24, 2.45) is 5.41 Å². The molecular formula is C15H24N2O2. The molecule has 0 radical (unpaired) electrons. The van der Waals surface area contributed by atoms with Crippen LogP contribution in [0.4, 0.5) is 0 Å². The number of carbonyl (C=O) groups excluding carboxylic acids is 1. The van der Waals surface area contributed by atoms with Crippen LogP contribution in [0.15, 0.2) is 18.3 Å². The number of aromatic nitrogens is 1. The molecule has 19 heavy (non-hydrogen) atoms. The molecule has 2 N–H and O–H groups in total. The largest absolute Gasteiger partial charge is 0.396 e. The lowest BCUT2D eigenvalue weighted by atomic mass is 9.83. The van der Waals surface area contributed by atoms with Crippen molar-refractivity contribution in [1.29, 1.82) is 0 Å². The SMILES string of the molecule is CCC(CC)(CO)CNC(=O)Cc1ncccc1C. The number of nitrogens with zero attached hydrogens (tertiary/aromatic N) is 1. The Balaban J connectivity index is 2.55. The number of hydrogen-bond acceptors (Lipinski definition) is 3. The summed E-state index contributed by atoms with van der Waals surface area (Å²) in [7, 11) is 0. The van der Waals surface area contributed by atoms with Gasteiger partial charge >= 0.3 is 0 Å². The molecule has 0 saturated heterocycles. The van der Waals surface area contributed by atoms with Crippen molar-refractivity contribution in [1.82, 2.24) is 10.3 Å². The summed E-state index contributed by atoms with van der Waals surface area (Å²) in [6.07, 6.45) is 3.69. The maximum absolute atomic E-state index is 11.9. The highest BCUT2D eigenvalue weighted by Gasteiger charge is 2.25. The summed E-state index contributed by atoms with van der Waals surface area (Å²) < 4.78 is 0. The van der Waals surface area contributed by atoms with Gasteiger partial charge in [-0.2, -0.15) is 0 Å². The fraction of sp³-hybridized carbons (Fsp3) is 0.600. The number of aryl methyl sites for hydroxylation is 1. The minimum absolute atomic E-state index is 0.0403. The Labute approximate surface area is 115 Å². The van der Waals surface area contributed by atoms with Crippen molar-refractivity contribution in [3.05, 3.63) is 29.6 Å². The van der Waals surface area contributed by atoms with Gasteiger partial charge in [-0.15, -0.1) is 0 Å². The average Bonchev–Trinajstić information content (AvgIpc) is 2.44. The van der Waals surface area contributed by atoms with Crippen molar-refractivity contribution in [2.45, 2.75) is 40.0 Å². The van der Waals surface area contributed by atoms with Crippen molar-refractivity contribution in [3.63, 3.8) is 0 Å². The monoisotopic (exact) mass is 264 g/mol. The van der Waals surface area contributed by atoms with E-state index in [9.17, 15) is 9.90 Å². The summed E-state index contributed by atoms with van der Waals surface area (Å²) in [5, 5.41) is 12.4. The van der Waals surface area contributed by atoms with Crippen LogP contribution in [0.1, 0.15) is 37.9 Å². The average molecular weight is 264 g/mol. The Bertz CT molecular complexity index is 406. The van der Waals surface area contributed by atoms with E-state index in [1.165, 1.54) is 0 Å². The molecule has 106 valence electrons. The predicted molar refractivity (Wildman–Crippen MR) is 75.8 cm³/mol. The van der Waals surface area contributed by atoms with Gasteiger partial charge in [0.05, 0.1) is 18.7 Å². The molecule has 4 heteroatoms. The molecule has 1 aromatic rings. The first-order valence-corrected chi connectivity index (χ1v) is 6.85. The standard InChI is InChI=1S/C15H24N2O2/c1-4-15(5-2,11-18)10-17-14(19)9-13-12(3)7-6-8-16-13/h6-8,18H,4-5,9-11H2,1-3H3,(H,17,19). The lowest BCUT2D eigenvalue weighted by Crippen LogP contribution is -2.40. The van der Waals surface area contributed by atoms with Crippen LogP contribution in [-0.4, -0.2) is 29.1 Å². The lowest BCUT2D eigenvalue weighted by molar-refractivity contribution is -0.121. The first-order valence-electron chi connectivity index (χ1n) is 6.85. The van der Waals surface area contributed by atoms with Crippen molar-refractivity contribution < 1.29 is 9.90 Å². The minimum Gasteiger partial charge on any atom is -0.396 e. The predicted octanol–water partition coefficient (Wildman–Crippen LogP) is 1.85. The van der Waals surface area contributed by atoms with Gasteiger partial charge in [-0.25, -0.2) is 0 Å². The van der Waals surface area contributed by atoms with Crippen LogP contribution in [-0.2, 0) is 11.2 Å². The fourth-order valence-corrected chi connectivity index (χ4v) is 1.98. The van der Waals surface area contributed by atoms with E-state index in [4.69, 9.17) is 0 Å². The third-order valence-electron chi connectivity index (χ3n) is 3.94. The molecule has 0 unspecified atom stereocenters. The van der Waals surface area contributed by atoms with Gasteiger partial charge in [0, 0.05) is 18.2 Å². The highest BCUT2D eigenvalue weighted by Crippen LogP contribution is 2.24. The van der Waals surface area contributed by atoms with Crippen LogP contribution < -0.4 is 5.32 Å². The molecule has 0 aliphatic carbocycles. The normalized spacial score (nSPS) is 11.4. The number of aliphatic hydroxyl groups is 1. The molecule has 1 rings (SSSR count). The van der Waals surface area contributed by atoms with Gasteiger partial charge in [0.25, 0.3) is 0 Å².